The standard InChI is InChI=1S/C6H7F/c1-3-6(2)4-5-7/h1,4H,5H2,2H3/b6-4-. The molecule has 0 aliphatic rings. The molecule has 0 aliphatic heterocycles. The largest absolute Gasteiger partial charge is 0.247 e. The SMILES string of the molecule is C#C/C(C)=C\CF. The van der Waals surface area contributed by atoms with Crippen LogP contribution in [0.3, 0.4) is 0 Å². The van der Waals surface area contributed by atoms with Gasteiger partial charge >= 0.3 is 0 Å². The maximum atomic E-state index is 11.3. The minimum absolute atomic E-state index is 0.462. The Balaban J connectivity index is 3.57. The molecule has 0 nitrogen and oxygen atoms in total. The van der Waals surface area contributed by atoms with Crippen LogP contribution in [0.1, 0.15) is 6.92 Å². The second-order valence-corrected chi connectivity index (χ2v) is 1.19. The van der Waals surface area contributed by atoms with Crippen LogP contribution in [0.15, 0.2) is 11.6 Å². The molecule has 0 N–H and O–H groups in total. The molecule has 0 atom stereocenters. The van der Waals surface area contributed by atoms with Gasteiger partial charge in [-0.3, -0.25) is 0 Å². The fourth-order valence-electron chi connectivity index (χ4n) is 0.175. The molecule has 0 radical (unpaired) electrons. The lowest BCUT2D eigenvalue weighted by Gasteiger charge is -1.78. The third kappa shape index (κ3) is 3.05. The molecule has 0 spiro atoms. The van der Waals surface area contributed by atoms with E-state index >= 15 is 0 Å². The topological polar surface area (TPSA) is 0 Å². The summed E-state index contributed by atoms with van der Waals surface area (Å²) in [5, 5.41) is 0. The number of alkyl halides is 1. The van der Waals surface area contributed by atoms with Crippen molar-refractivity contribution in [2.45, 2.75) is 6.92 Å². The van der Waals surface area contributed by atoms with Crippen LogP contribution >= 0.6 is 0 Å². The van der Waals surface area contributed by atoms with Gasteiger partial charge in [-0.05, 0) is 18.6 Å². The fourth-order valence-corrected chi connectivity index (χ4v) is 0.175. The Morgan fingerprint density at radius 3 is 2.71 bits per heavy atom. The highest BCUT2D eigenvalue weighted by molar-refractivity contribution is 5.22. The maximum absolute atomic E-state index is 11.3. The van der Waals surface area contributed by atoms with E-state index in [4.69, 9.17) is 6.42 Å². The Hall–Kier alpha value is -0.770. The zero-order valence-electron chi connectivity index (χ0n) is 4.24. The zero-order chi connectivity index (χ0) is 5.70. The van der Waals surface area contributed by atoms with Crippen molar-refractivity contribution in [1.82, 2.24) is 0 Å². The van der Waals surface area contributed by atoms with Crippen molar-refractivity contribution in [3.8, 4) is 12.3 Å². The van der Waals surface area contributed by atoms with Crippen LogP contribution in [0.25, 0.3) is 0 Å². The van der Waals surface area contributed by atoms with Crippen molar-refractivity contribution in [1.29, 1.82) is 0 Å². The average molecular weight is 98.1 g/mol. The third-order valence-electron chi connectivity index (χ3n) is 0.611. The van der Waals surface area contributed by atoms with Gasteiger partial charge in [0.1, 0.15) is 6.67 Å². The van der Waals surface area contributed by atoms with Crippen LogP contribution < -0.4 is 0 Å². The molecule has 38 valence electrons. The Morgan fingerprint density at radius 2 is 2.57 bits per heavy atom. The first-order valence-electron chi connectivity index (χ1n) is 2.00. The van der Waals surface area contributed by atoms with Gasteiger partial charge in [0.25, 0.3) is 0 Å². The van der Waals surface area contributed by atoms with Gasteiger partial charge in [0.15, 0.2) is 0 Å². The highest BCUT2D eigenvalue weighted by atomic mass is 19.1. The zero-order valence-corrected chi connectivity index (χ0v) is 4.24. The van der Waals surface area contributed by atoms with E-state index in [0.29, 0.717) is 5.57 Å². The Morgan fingerprint density at radius 1 is 2.00 bits per heavy atom. The second-order valence-electron chi connectivity index (χ2n) is 1.19. The normalized spacial score (nSPS) is 10.7. The molecule has 1 heteroatoms. The quantitative estimate of drug-likeness (QED) is 0.436. The molecule has 0 saturated carbocycles. The molecule has 0 heterocycles. The van der Waals surface area contributed by atoms with Crippen molar-refractivity contribution < 1.29 is 4.39 Å². The molecule has 0 bridgehead atoms. The van der Waals surface area contributed by atoms with Gasteiger partial charge in [0.05, 0.1) is 0 Å². The molecule has 0 aliphatic carbocycles. The number of terminal acetylenes is 1. The Kier molecular flexibility index (Phi) is 3.04. The summed E-state index contributed by atoms with van der Waals surface area (Å²) in [6.07, 6.45) is 6.23. The van der Waals surface area contributed by atoms with E-state index in [1.54, 1.807) is 6.92 Å². The molecule has 0 rings (SSSR count). The first-order valence-corrected chi connectivity index (χ1v) is 2.00. The van der Waals surface area contributed by atoms with E-state index in [0.717, 1.165) is 0 Å². The Bertz CT molecular complexity index is 106. The molecule has 0 aromatic rings. The van der Waals surface area contributed by atoms with Crippen molar-refractivity contribution in [2.75, 3.05) is 6.67 Å². The third-order valence-corrected chi connectivity index (χ3v) is 0.611. The monoisotopic (exact) mass is 98.1 g/mol. The van der Waals surface area contributed by atoms with Crippen molar-refractivity contribution in [3.05, 3.63) is 11.6 Å². The summed E-state index contributed by atoms with van der Waals surface area (Å²) in [6.45, 7) is 1.23. The lowest BCUT2D eigenvalue weighted by Crippen LogP contribution is -1.67. The molecule has 0 amide bonds. The summed E-state index contributed by atoms with van der Waals surface area (Å²) in [6, 6.07) is 0. The van der Waals surface area contributed by atoms with Crippen LogP contribution in [0.2, 0.25) is 0 Å². The maximum Gasteiger partial charge on any atom is 0.109 e. The van der Waals surface area contributed by atoms with Gasteiger partial charge in [-0.15, -0.1) is 6.42 Å². The summed E-state index contributed by atoms with van der Waals surface area (Å²) in [7, 11) is 0. The average Bonchev–Trinajstić information content (AvgIpc) is 1.68. The van der Waals surface area contributed by atoms with E-state index in [-0.39, 0.29) is 0 Å². The Labute approximate surface area is 43.0 Å². The molecule has 0 fully saturated rings. The lowest BCUT2D eigenvalue weighted by molar-refractivity contribution is 0.560. The van der Waals surface area contributed by atoms with Gasteiger partial charge in [-0.1, -0.05) is 5.92 Å². The van der Waals surface area contributed by atoms with Crippen molar-refractivity contribution in [3.63, 3.8) is 0 Å². The number of hydrogen-bond acceptors (Lipinski definition) is 0. The first-order chi connectivity index (χ1) is 3.31. The van der Waals surface area contributed by atoms with E-state index in [2.05, 4.69) is 5.92 Å². The van der Waals surface area contributed by atoms with E-state index in [9.17, 15) is 4.39 Å². The highest BCUT2D eigenvalue weighted by Crippen LogP contribution is 1.86. The summed E-state index contributed by atoms with van der Waals surface area (Å²) in [4.78, 5) is 0. The van der Waals surface area contributed by atoms with Crippen LogP contribution in [0.4, 0.5) is 4.39 Å². The van der Waals surface area contributed by atoms with E-state index in [1.165, 1.54) is 6.08 Å². The number of allylic oxidation sites excluding steroid dienone is 2. The second kappa shape index (κ2) is 3.42. The van der Waals surface area contributed by atoms with E-state index in [1.807, 2.05) is 0 Å². The minimum Gasteiger partial charge on any atom is -0.247 e. The summed E-state index contributed by atoms with van der Waals surface area (Å²) in [5.74, 6) is 2.29. The molecular weight excluding hydrogens is 91.1 g/mol. The fraction of sp³-hybridized carbons (Fsp3) is 0.333. The number of rotatable bonds is 1. The number of halogens is 1. The summed E-state index contributed by atoms with van der Waals surface area (Å²) in [5.41, 5.74) is 0.655. The summed E-state index contributed by atoms with van der Waals surface area (Å²) < 4.78 is 11.3. The smallest absolute Gasteiger partial charge is 0.109 e. The van der Waals surface area contributed by atoms with Crippen molar-refractivity contribution >= 4 is 0 Å². The van der Waals surface area contributed by atoms with Crippen LogP contribution in [-0.2, 0) is 0 Å². The summed E-state index contributed by atoms with van der Waals surface area (Å²) >= 11 is 0. The molecule has 0 aromatic heterocycles. The van der Waals surface area contributed by atoms with Crippen LogP contribution in [0.5, 0.6) is 0 Å². The molecule has 0 unspecified atom stereocenters. The molecule has 0 saturated heterocycles. The molecule has 7 heavy (non-hydrogen) atoms. The van der Waals surface area contributed by atoms with Crippen LogP contribution in [-0.4, -0.2) is 6.67 Å². The van der Waals surface area contributed by atoms with Gasteiger partial charge < -0.3 is 0 Å². The van der Waals surface area contributed by atoms with Crippen LogP contribution in [0, 0.1) is 12.3 Å². The molecular formula is C6H7F. The molecule has 0 aromatic carbocycles. The predicted molar refractivity (Wildman–Crippen MR) is 28.6 cm³/mol. The first kappa shape index (κ1) is 6.23. The van der Waals surface area contributed by atoms with Gasteiger partial charge in [0, 0.05) is 0 Å². The van der Waals surface area contributed by atoms with Gasteiger partial charge in [-0.25, -0.2) is 4.39 Å². The number of hydrogen-bond donors (Lipinski definition) is 0. The lowest BCUT2D eigenvalue weighted by atomic mass is 10.3. The van der Waals surface area contributed by atoms with Crippen molar-refractivity contribution in [2.24, 2.45) is 0 Å². The highest BCUT2D eigenvalue weighted by Gasteiger charge is 1.74. The predicted octanol–water partition coefficient (Wildman–Crippen LogP) is 1.54. The van der Waals surface area contributed by atoms with Gasteiger partial charge in [0.2, 0.25) is 0 Å². The van der Waals surface area contributed by atoms with Gasteiger partial charge in [-0.2, -0.15) is 0 Å². The van der Waals surface area contributed by atoms with E-state index < -0.39 is 6.67 Å². The minimum atomic E-state index is -0.462.